The second-order valence-corrected chi connectivity index (χ2v) is 10.7. The molecule has 0 saturated carbocycles. The van der Waals surface area contributed by atoms with Gasteiger partial charge in [0.15, 0.2) is 5.75 Å². The number of thioether (sulfide) groups is 1. The lowest BCUT2D eigenvalue weighted by Gasteiger charge is -2.27. The normalized spacial score (nSPS) is 13.3. The summed E-state index contributed by atoms with van der Waals surface area (Å²) >= 11 is 20.5. The largest absolute Gasteiger partial charge is 0.491 e. The van der Waals surface area contributed by atoms with Gasteiger partial charge in [-0.1, -0.05) is 56.1 Å². The van der Waals surface area contributed by atoms with Gasteiger partial charge in [-0.25, -0.2) is 0 Å². The quantitative estimate of drug-likeness (QED) is 0.232. The average molecular weight is 550 g/mol. The molecule has 0 saturated heterocycles. The second kappa shape index (κ2) is 13.7. The molecule has 0 fully saturated rings. The first-order valence-electron chi connectivity index (χ1n) is 10.9. The number of carbonyl (C=O) groups is 1. The molecule has 2 aromatic carbocycles. The Morgan fingerprint density at radius 3 is 2.21 bits per heavy atom. The van der Waals surface area contributed by atoms with Crippen molar-refractivity contribution in [3.8, 4) is 11.5 Å². The van der Waals surface area contributed by atoms with Crippen molar-refractivity contribution in [3.63, 3.8) is 0 Å². The highest BCUT2D eigenvalue weighted by Crippen LogP contribution is 2.40. The summed E-state index contributed by atoms with van der Waals surface area (Å²) in [7, 11) is 0. The molecule has 188 valence electrons. The number of hydrogen-bond donors (Lipinski definition) is 1. The van der Waals surface area contributed by atoms with E-state index in [4.69, 9.17) is 49.0 Å². The fourth-order valence-electron chi connectivity index (χ4n) is 3.21. The Morgan fingerprint density at radius 2 is 1.68 bits per heavy atom. The van der Waals surface area contributed by atoms with Crippen LogP contribution in [0.25, 0.3) is 0 Å². The molecule has 34 heavy (non-hydrogen) atoms. The molecule has 2 atom stereocenters. The molecule has 0 aliphatic rings. The lowest BCUT2D eigenvalue weighted by Crippen LogP contribution is -2.26. The van der Waals surface area contributed by atoms with Crippen molar-refractivity contribution in [1.29, 1.82) is 0 Å². The molecule has 2 aromatic rings. The summed E-state index contributed by atoms with van der Waals surface area (Å²) in [6.45, 7) is 7.80. The van der Waals surface area contributed by atoms with Gasteiger partial charge in [0, 0.05) is 18.1 Å². The zero-order valence-electron chi connectivity index (χ0n) is 19.8. The summed E-state index contributed by atoms with van der Waals surface area (Å²) in [4.78, 5) is 11.2. The molecular formula is C25H31Cl3O5S. The summed E-state index contributed by atoms with van der Waals surface area (Å²) in [5.41, 5.74) is 1.54. The molecule has 1 N–H and O–H groups in total. The molecule has 5 nitrogen and oxygen atoms in total. The van der Waals surface area contributed by atoms with Crippen molar-refractivity contribution in [2.75, 3.05) is 30.6 Å². The molecule has 2 unspecified atom stereocenters. The topological polar surface area (TPSA) is 65.0 Å². The van der Waals surface area contributed by atoms with E-state index in [-0.39, 0.29) is 19.1 Å². The third-order valence-corrected chi connectivity index (χ3v) is 7.11. The molecule has 0 bridgehead atoms. The maximum Gasteiger partial charge on any atom is 0.303 e. The number of aliphatic hydroxyl groups excluding tert-OH is 1. The van der Waals surface area contributed by atoms with Gasteiger partial charge in [0.05, 0.1) is 22.0 Å². The van der Waals surface area contributed by atoms with Crippen LogP contribution < -0.4 is 9.47 Å². The van der Waals surface area contributed by atoms with E-state index in [2.05, 4.69) is 20.8 Å². The molecule has 0 aliphatic heterocycles. The summed E-state index contributed by atoms with van der Waals surface area (Å²) in [6, 6.07) is 11.4. The van der Waals surface area contributed by atoms with Crippen LogP contribution >= 0.6 is 46.6 Å². The van der Waals surface area contributed by atoms with Gasteiger partial charge >= 0.3 is 5.97 Å². The first-order chi connectivity index (χ1) is 16.1. The van der Waals surface area contributed by atoms with Crippen LogP contribution in [0.3, 0.4) is 0 Å². The van der Waals surface area contributed by atoms with Gasteiger partial charge in [-0.2, -0.15) is 11.8 Å². The molecule has 0 spiro atoms. The van der Waals surface area contributed by atoms with E-state index in [1.54, 1.807) is 11.8 Å². The van der Waals surface area contributed by atoms with E-state index < -0.39 is 23.6 Å². The summed E-state index contributed by atoms with van der Waals surface area (Å²) in [6.07, 6.45) is -1.10. The summed E-state index contributed by atoms with van der Waals surface area (Å²) in [5.74, 6) is 2.28. The van der Waals surface area contributed by atoms with Crippen molar-refractivity contribution >= 4 is 52.5 Å². The highest BCUT2D eigenvalue weighted by atomic mass is 35.5. The molecule has 0 radical (unpaired) electrons. The van der Waals surface area contributed by atoms with E-state index in [0.29, 0.717) is 27.3 Å². The number of halogens is 3. The van der Waals surface area contributed by atoms with Gasteiger partial charge in [-0.15, -0.1) is 11.6 Å². The minimum absolute atomic E-state index is 0.0402. The maximum absolute atomic E-state index is 11.2. The third kappa shape index (κ3) is 8.42. The number of alkyl halides is 1. The fourth-order valence-corrected chi connectivity index (χ4v) is 4.56. The molecule has 2 rings (SSSR count). The molecule has 0 amide bonds. The predicted octanol–water partition coefficient (Wildman–Crippen LogP) is 6.36. The Labute approximate surface area is 221 Å². The first-order valence-corrected chi connectivity index (χ1v) is 13.4. The second-order valence-electron chi connectivity index (χ2n) is 8.24. The van der Waals surface area contributed by atoms with Gasteiger partial charge in [-0.05, 0) is 41.1 Å². The van der Waals surface area contributed by atoms with Crippen molar-refractivity contribution in [2.45, 2.75) is 45.3 Å². The van der Waals surface area contributed by atoms with Crippen LogP contribution in [0, 0.1) is 0 Å². The van der Waals surface area contributed by atoms with Gasteiger partial charge < -0.3 is 19.3 Å². The van der Waals surface area contributed by atoms with Crippen LogP contribution in [-0.2, 0) is 14.9 Å². The number of hydrogen-bond acceptors (Lipinski definition) is 6. The number of carbonyl (C=O) groups excluding carboxylic acids is 1. The molecule has 0 heterocycles. The van der Waals surface area contributed by atoms with Crippen LogP contribution in [0.2, 0.25) is 10.0 Å². The van der Waals surface area contributed by atoms with E-state index >= 15 is 0 Å². The Kier molecular flexibility index (Phi) is 11.6. The van der Waals surface area contributed by atoms with Crippen LogP contribution in [0.4, 0.5) is 0 Å². The SMILES string of the molecule is CCSCC(O)COc1ccc(C(C)(C)c2cc(Cl)c(OCC(CCl)OC(C)=O)c(Cl)c2)cc1. The van der Waals surface area contributed by atoms with Gasteiger partial charge in [0.25, 0.3) is 0 Å². The Hall–Kier alpha value is -1.31. The third-order valence-electron chi connectivity index (χ3n) is 5.17. The molecule has 0 aliphatic carbocycles. The van der Waals surface area contributed by atoms with Crippen molar-refractivity contribution in [3.05, 3.63) is 57.6 Å². The van der Waals surface area contributed by atoms with Crippen LogP contribution in [-0.4, -0.2) is 53.9 Å². The lowest BCUT2D eigenvalue weighted by atomic mass is 9.78. The fraction of sp³-hybridized carbons (Fsp3) is 0.480. The number of esters is 1. The number of aliphatic hydroxyl groups is 1. The smallest absolute Gasteiger partial charge is 0.303 e. The van der Waals surface area contributed by atoms with Crippen LogP contribution in [0.15, 0.2) is 36.4 Å². The molecular weight excluding hydrogens is 519 g/mol. The summed E-state index contributed by atoms with van der Waals surface area (Å²) in [5, 5.41) is 10.7. The number of benzene rings is 2. The van der Waals surface area contributed by atoms with E-state index in [1.807, 2.05) is 36.4 Å². The molecule has 0 aromatic heterocycles. The Bertz CT molecular complexity index is 914. The van der Waals surface area contributed by atoms with Gasteiger partial charge in [0.1, 0.15) is 25.1 Å². The van der Waals surface area contributed by atoms with Gasteiger partial charge in [-0.3, -0.25) is 4.79 Å². The lowest BCUT2D eigenvalue weighted by molar-refractivity contribution is -0.146. The average Bonchev–Trinajstić information content (AvgIpc) is 2.79. The zero-order valence-corrected chi connectivity index (χ0v) is 22.9. The minimum atomic E-state index is -0.602. The minimum Gasteiger partial charge on any atom is -0.491 e. The Morgan fingerprint density at radius 1 is 1.06 bits per heavy atom. The van der Waals surface area contributed by atoms with Crippen molar-refractivity contribution < 1.29 is 24.1 Å². The number of rotatable bonds is 13. The monoisotopic (exact) mass is 548 g/mol. The maximum atomic E-state index is 11.2. The van der Waals surface area contributed by atoms with E-state index in [1.165, 1.54) is 6.92 Å². The molecule has 9 heteroatoms. The number of ether oxygens (including phenoxy) is 3. The zero-order chi connectivity index (χ0) is 25.3. The van der Waals surface area contributed by atoms with E-state index in [0.717, 1.165) is 16.9 Å². The van der Waals surface area contributed by atoms with Crippen LogP contribution in [0.5, 0.6) is 11.5 Å². The van der Waals surface area contributed by atoms with Crippen molar-refractivity contribution in [1.82, 2.24) is 0 Å². The summed E-state index contributed by atoms with van der Waals surface area (Å²) < 4.78 is 16.5. The predicted molar refractivity (Wildman–Crippen MR) is 141 cm³/mol. The van der Waals surface area contributed by atoms with Crippen LogP contribution in [0.1, 0.15) is 38.8 Å². The van der Waals surface area contributed by atoms with Gasteiger partial charge in [0.2, 0.25) is 0 Å². The highest BCUT2D eigenvalue weighted by Gasteiger charge is 2.26. The van der Waals surface area contributed by atoms with Crippen molar-refractivity contribution in [2.24, 2.45) is 0 Å². The van der Waals surface area contributed by atoms with E-state index in [9.17, 15) is 9.90 Å². The Balaban J connectivity index is 2.11. The highest BCUT2D eigenvalue weighted by molar-refractivity contribution is 7.99. The first kappa shape index (κ1) is 28.9. The standard InChI is InChI=1S/C25H31Cl3O5S/c1-5-34-15-19(30)13-31-20-8-6-17(7-9-20)25(3,4)18-10-22(27)24(23(28)11-18)32-14-21(12-26)33-16(2)29/h6-11,19,21,30H,5,12-15H2,1-4H3.